The van der Waals surface area contributed by atoms with Crippen LogP contribution < -0.4 is 5.73 Å². The van der Waals surface area contributed by atoms with Crippen molar-refractivity contribution in [3.05, 3.63) is 72.9 Å². The molecule has 4 aromatic rings. The predicted molar refractivity (Wildman–Crippen MR) is 92.8 cm³/mol. The minimum atomic E-state index is 0.311. The number of benzene rings is 2. The summed E-state index contributed by atoms with van der Waals surface area (Å²) >= 11 is 0. The zero-order valence-corrected chi connectivity index (χ0v) is 12.8. The highest BCUT2D eigenvalue weighted by Crippen LogP contribution is 2.29. The van der Waals surface area contributed by atoms with Crippen molar-refractivity contribution in [2.24, 2.45) is 0 Å². The number of nitrogens with zero attached hydrogens (tertiary/aromatic N) is 3. The van der Waals surface area contributed by atoms with Crippen molar-refractivity contribution in [3.8, 4) is 34.0 Å². The number of hydrogen-bond acceptors (Lipinski definition) is 5. The lowest BCUT2D eigenvalue weighted by Gasteiger charge is -2.04. The van der Waals surface area contributed by atoms with E-state index in [1.165, 1.54) is 0 Å². The Morgan fingerprint density at radius 1 is 0.792 bits per heavy atom. The molecule has 24 heavy (non-hydrogen) atoms. The van der Waals surface area contributed by atoms with Crippen molar-refractivity contribution in [3.63, 3.8) is 0 Å². The molecule has 0 bridgehead atoms. The van der Waals surface area contributed by atoms with Gasteiger partial charge in [-0.05, 0) is 0 Å². The molecule has 5 nitrogen and oxygen atoms in total. The first-order valence-corrected chi connectivity index (χ1v) is 7.52. The highest BCUT2D eigenvalue weighted by atomic mass is 16.5. The van der Waals surface area contributed by atoms with Crippen molar-refractivity contribution in [1.82, 2.24) is 15.1 Å². The van der Waals surface area contributed by atoms with Gasteiger partial charge in [0.1, 0.15) is 5.69 Å². The summed E-state index contributed by atoms with van der Waals surface area (Å²) in [4.78, 5) is 8.84. The summed E-state index contributed by atoms with van der Waals surface area (Å²) < 4.78 is 5.44. The smallest absolute Gasteiger partial charge is 0.189 e. The number of nitrogens with two attached hydrogens (primary N) is 1. The number of anilines is 1. The second-order valence-electron chi connectivity index (χ2n) is 5.30. The SMILES string of the molecule is Nc1ncc(-c2ccccc2)nc1-c1cc(-c2ccccc2)no1. The number of nitrogen functional groups attached to an aromatic ring is 1. The molecule has 116 valence electrons. The normalized spacial score (nSPS) is 10.7. The van der Waals surface area contributed by atoms with Gasteiger partial charge in [0, 0.05) is 17.2 Å². The summed E-state index contributed by atoms with van der Waals surface area (Å²) in [5.41, 5.74) is 9.88. The molecule has 2 heterocycles. The van der Waals surface area contributed by atoms with Gasteiger partial charge in [0.25, 0.3) is 0 Å². The molecule has 0 aliphatic rings. The first-order valence-electron chi connectivity index (χ1n) is 7.52. The fourth-order valence-electron chi connectivity index (χ4n) is 2.46. The van der Waals surface area contributed by atoms with Crippen LogP contribution in [0.4, 0.5) is 5.82 Å². The van der Waals surface area contributed by atoms with Crippen LogP contribution in [-0.4, -0.2) is 15.1 Å². The monoisotopic (exact) mass is 314 g/mol. The topological polar surface area (TPSA) is 77.8 Å². The Balaban J connectivity index is 1.76. The second-order valence-corrected chi connectivity index (χ2v) is 5.30. The van der Waals surface area contributed by atoms with Crippen LogP contribution in [0.5, 0.6) is 0 Å². The molecule has 0 amide bonds. The number of rotatable bonds is 3. The first-order chi connectivity index (χ1) is 11.8. The molecule has 0 saturated carbocycles. The molecule has 2 aromatic heterocycles. The average molecular weight is 314 g/mol. The van der Waals surface area contributed by atoms with E-state index >= 15 is 0 Å². The van der Waals surface area contributed by atoms with Gasteiger partial charge in [-0.3, -0.25) is 0 Å². The van der Waals surface area contributed by atoms with Crippen LogP contribution in [0.3, 0.4) is 0 Å². The number of aromatic nitrogens is 3. The van der Waals surface area contributed by atoms with Gasteiger partial charge in [-0.15, -0.1) is 0 Å². The van der Waals surface area contributed by atoms with Crippen molar-refractivity contribution >= 4 is 5.82 Å². The molecule has 2 N–H and O–H groups in total. The fraction of sp³-hybridized carbons (Fsp3) is 0. The Labute approximate surface area is 138 Å². The van der Waals surface area contributed by atoms with E-state index in [0.717, 1.165) is 22.5 Å². The Morgan fingerprint density at radius 3 is 2.08 bits per heavy atom. The van der Waals surface area contributed by atoms with Crippen molar-refractivity contribution in [1.29, 1.82) is 0 Å². The average Bonchev–Trinajstić information content (AvgIpc) is 3.13. The molecule has 2 aromatic carbocycles. The molecule has 0 aliphatic heterocycles. The third-order valence-corrected chi connectivity index (χ3v) is 3.68. The summed E-state index contributed by atoms with van der Waals surface area (Å²) in [5.74, 6) is 0.807. The summed E-state index contributed by atoms with van der Waals surface area (Å²) in [6, 6.07) is 21.4. The van der Waals surface area contributed by atoms with E-state index in [1.54, 1.807) is 6.20 Å². The molecule has 0 spiro atoms. The minimum Gasteiger partial charge on any atom is -0.382 e. The highest BCUT2D eigenvalue weighted by Gasteiger charge is 2.15. The lowest BCUT2D eigenvalue weighted by atomic mass is 10.1. The van der Waals surface area contributed by atoms with Gasteiger partial charge in [-0.1, -0.05) is 65.8 Å². The van der Waals surface area contributed by atoms with Crippen LogP contribution >= 0.6 is 0 Å². The van der Waals surface area contributed by atoms with E-state index in [-0.39, 0.29) is 0 Å². The van der Waals surface area contributed by atoms with Crippen LogP contribution in [0.2, 0.25) is 0 Å². The molecule has 0 fully saturated rings. The molecular weight excluding hydrogens is 300 g/mol. The van der Waals surface area contributed by atoms with Gasteiger partial charge in [-0.25, -0.2) is 9.97 Å². The van der Waals surface area contributed by atoms with Crippen molar-refractivity contribution in [2.75, 3.05) is 5.73 Å². The highest BCUT2D eigenvalue weighted by molar-refractivity contribution is 5.72. The fourth-order valence-corrected chi connectivity index (χ4v) is 2.46. The minimum absolute atomic E-state index is 0.311. The maximum absolute atomic E-state index is 5.99. The summed E-state index contributed by atoms with van der Waals surface area (Å²) in [6.07, 6.45) is 1.66. The molecule has 0 saturated heterocycles. The molecule has 0 unspecified atom stereocenters. The van der Waals surface area contributed by atoms with Crippen LogP contribution in [0.15, 0.2) is 77.4 Å². The van der Waals surface area contributed by atoms with Crippen LogP contribution in [-0.2, 0) is 0 Å². The first kappa shape index (κ1) is 14.1. The zero-order chi connectivity index (χ0) is 16.4. The summed E-state index contributed by atoms with van der Waals surface area (Å²) in [6.45, 7) is 0. The Hall–Kier alpha value is -3.47. The van der Waals surface area contributed by atoms with Gasteiger partial charge in [0.2, 0.25) is 0 Å². The third kappa shape index (κ3) is 2.63. The van der Waals surface area contributed by atoms with Crippen LogP contribution in [0, 0.1) is 0 Å². The number of hydrogen-bond donors (Lipinski definition) is 1. The molecule has 5 heteroatoms. The van der Waals surface area contributed by atoms with E-state index in [1.807, 2.05) is 66.7 Å². The van der Waals surface area contributed by atoms with E-state index in [2.05, 4.69) is 15.1 Å². The zero-order valence-electron chi connectivity index (χ0n) is 12.8. The molecular formula is C19H14N4O. The van der Waals surface area contributed by atoms with Crippen LogP contribution in [0.25, 0.3) is 34.0 Å². The second kappa shape index (κ2) is 5.96. The lowest BCUT2D eigenvalue weighted by Crippen LogP contribution is -1.98. The Bertz CT molecular complexity index is 965. The standard InChI is InChI=1S/C19H14N4O/c20-19-18(22-16(12-21-19)14-9-5-2-6-10-14)17-11-15(23-24-17)13-7-3-1-4-8-13/h1-12H,(H2,20,21). The maximum Gasteiger partial charge on any atom is 0.189 e. The Kier molecular flexibility index (Phi) is 3.51. The molecule has 4 rings (SSSR count). The van der Waals surface area contributed by atoms with E-state index in [4.69, 9.17) is 10.3 Å². The van der Waals surface area contributed by atoms with Gasteiger partial charge in [-0.2, -0.15) is 0 Å². The van der Waals surface area contributed by atoms with E-state index in [0.29, 0.717) is 17.3 Å². The van der Waals surface area contributed by atoms with Crippen LogP contribution in [0.1, 0.15) is 0 Å². The summed E-state index contributed by atoms with van der Waals surface area (Å²) in [7, 11) is 0. The lowest BCUT2D eigenvalue weighted by molar-refractivity contribution is 0.434. The largest absolute Gasteiger partial charge is 0.382 e. The molecule has 0 atom stereocenters. The van der Waals surface area contributed by atoms with Gasteiger partial charge < -0.3 is 10.3 Å². The van der Waals surface area contributed by atoms with Gasteiger partial charge in [0.15, 0.2) is 17.3 Å². The van der Waals surface area contributed by atoms with Gasteiger partial charge in [0.05, 0.1) is 11.9 Å². The maximum atomic E-state index is 5.99. The molecule has 0 radical (unpaired) electrons. The van der Waals surface area contributed by atoms with Crippen molar-refractivity contribution < 1.29 is 4.52 Å². The quantitative estimate of drug-likeness (QED) is 0.617. The van der Waals surface area contributed by atoms with E-state index < -0.39 is 0 Å². The summed E-state index contributed by atoms with van der Waals surface area (Å²) in [5, 5.41) is 4.11. The van der Waals surface area contributed by atoms with Gasteiger partial charge >= 0.3 is 0 Å². The Morgan fingerprint density at radius 2 is 1.42 bits per heavy atom. The van der Waals surface area contributed by atoms with E-state index in [9.17, 15) is 0 Å². The third-order valence-electron chi connectivity index (χ3n) is 3.68. The molecule has 0 aliphatic carbocycles. The predicted octanol–water partition coefficient (Wildman–Crippen LogP) is 4.05. The van der Waals surface area contributed by atoms with Crippen molar-refractivity contribution in [2.45, 2.75) is 0 Å².